The molecule has 1 aliphatic carbocycles. The van der Waals surface area contributed by atoms with E-state index in [4.69, 9.17) is 0 Å². The summed E-state index contributed by atoms with van der Waals surface area (Å²) in [5, 5.41) is 3.07. The van der Waals surface area contributed by atoms with Gasteiger partial charge in [0.2, 0.25) is 0 Å². The quantitative estimate of drug-likeness (QED) is 0.868. The topological polar surface area (TPSA) is 15.3 Å². The molecule has 1 saturated carbocycles. The Morgan fingerprint density at radius 3 is 2.33 bits per heavy atom. The number of rotatable bonds is 5. The fourth-order valence-electron chi connectivity index (χ4n) is 2.28. The van der Waals surface area contributed by atoms with Crippen LogP contribution < -0.4 is 10.2 Å². The highest BCUT2D eigenvalue weighted by Crippen LogP contribution is 2.32. The monoisotopic (exact) mass is 254 g/mol. The van der Waals surface area contributed by atoms with Crippen LogP contribution >= 0.6 is 0 Å². The lowest BCUT2D eigenvalue weighted by molar-refractivity contribution is 0.393. The summed E-state index contributed by atoms with van der Waals surface area (Å²) >= 11 is 0. The average Bonchev–Trinajstić information content (AvgIpc) is 2.22. The molecule has 2 rings (SSSR count). The van der Waals surface area contributed by atoms with Crippen LogP contribution in [0.2, 0.25) is 0 Å². The average molecular weight is 254 g/mol. The smallest absolute Gasteiger partial charge is 0.149 e. The van der Waals surface area contributed by atoms with Gasteiger partial charge in [-0.1, -0.05) is 6.92 Å². The number of halogens is 2. The number of nitrogens with zero attached hydrogens (tertiary/aromatic N) is 1. The van der Waals surface area contributed by atoms with Crippen molar-refractivity contribution in [2.45, 2.75) is 38.8 Å². The van der Waals surface area contributed by atoms with E-state index >= 15 is 0 Å². The standard InChI is InChI=1S/C14H20F2N2/c1-3-17-9-10-7-12(15)14(13(16)8-10)18(2)11-5-4-6-11/h7-8,11,17H,3-6,9H2,1-2H3. The first-order valence-corrected chi connectivity index (χ1v) is 6.55. The molecule has 100 valence electrons. The second-order valence-electron chi connectivity index (χ2n) is 4.88. The van der Waals surface area contributed by atoms with Gasteiger partial charge in [0.1, 0.15) is 17.3 Å². The van der Waals surface area contributed by atoms with Gasteiger partial charge in [0.15, 0.2) is 0 Å². The summed E-state index contributed by atoms with van der Waals surface area (Å²) in [6.45, 7) is 3.25. The van der Waals surface area contributed by atoms with Gasteiger partial charge in [-0.3, -0.25) is 0 Å². The summed E-state index contributed by atoms with van der Waals surface area (Å²) in [7, 11) is 1.77. The van der Waals surface area contributed by atoms with Gasteiger partial charge in [-0.05, 0) is 43.5 Å². The third kappa shape index (κ3) is 2.64. The largest absolute Gasteiger partial charge is 0.367 e. The maximum Gasteiger partial charge on any atom is 0.149 e. The first-order valence-electron chi connectivity index (χ1n) is 6.55. The molecule has 1 aliphatic rings. The lowest BCUT2D eigenvalue weighted by Crippen LogP contribution is -2.38. The Balaban J connectivity index is 2.20. The highest BCUT2D eigenvalue weighted by atomic mass is 19.1. The molecule has 1 aromatic rings. The van der Waals surface area contributed by atoms with E-state index in [1.807, 2.05) is 6.92 Å². The van der Waals surface area contributed by atoms with Crippen LogP contribution in [0, 0.1) is 11.6 Å². The van der Waals surface area contributed by atoms with E-state index < -0.39 is 11.6 Å². The SMILES string of the molecule is CCNCc1cc(F)c(N(C)C2CCC2)c(F)c1. The van der Waals surface area contributed by atoms with Crippen molar-refractivity contribution >= 4 is 5.69 Å². The lowest BCUT2D eigenvalue weighted by Gasteiger charge is -2.36. The zero-order chi connectivity index (χ0) is 13.1. The minimum absolute atomic E-state index is 0.111. The number of hydrogen-bond acceptors (Lipinski definition) is 2. The summed E-state index contributed by atoms with van der Waals surface area (Å²) in [4.78, 5) is 1.74. The van der Waals surface area contributed by atoms with Gasteiger partial charge in [-0.2, -0.15) is 0 Å². The summed E-state index contributed by atoms with van der Waals surface area (Å²) in [6.07, 6.45) is 3.19. The van der Waals surface area contributed by atoms with Gasteiger partial charge < -0.3 is 10.2 Å². The molecule has 0 spiro atoms. The highest BCUT2D eigenvalue weighted by molar-refractivity contribution is 5.51. The van der Waals surface area contributed by atoms with Crippen molar-refractivity contribution in [3.63, 3.8) is 0 Å². The predicted molar refractivity (Wildman–Crippen MR) is 69.8 cm³/mol. The van der Waals surface area contributed by atoms with Gasteiger partial charge in [0.25, 0.3) is 0 Å². The fraction of sp³-hybridized carbons (Fsp3) is 0.571. The second-order valence-corrected chi connectivity index (χ2v) is 4.88. The molecular formula is C14H20F2N2. The van der Waals surface area contributed by atoms with Crippen LogP contribution in [0.1, 0.15) is 31.7 Å². The summed E-state index contributed by atoms with van der Waals surface area (Å²) in [5.41, 5.74) is 0.762. The van der Waals surface area contributed by atoms with Crippen molar-refractivity contribution in [1.29, 1.82) is 0 Å². The summed E-state index contributed by atoms with van der Waals surface area (Å²) in [5.74, 6) is -0.922. The molecule has 0 saturated heterocycles. The number of anilines is 1. The molecule has 0 bridgehead atoms. The normalized spacial score (nSPS) is 15.6. The second kappa shape index (κ2) is 5.65. The first-order chi connectivity index (χ1) is 8.63. The molecule has 0 atom stereocenters. The maximum atomic E-state index is 14.0. The van der Waals surface area contributed by atoms with Gasteiger partial charge in [-0.15, -0.1) is 0 Å². The zero-order valence-electron chi connectivity index (χ0n) is 11.0. The Morgan fingerprint density at radius 2 is 1.89 bits per heavy atom. The van der Waals surface area contributed by atoms with Crippen LogP contribution in [0.4, 0.5) is 14.5 Å². The van der Waals surface area contributed by atoms with Crippen molar-refractivity contribution < 1.29 is 8.78 Å². The molecule has 1 aromatic carbocycles. The minimum Gasteiger partial charge on any atom is -0.367 e. The van der Waals surface area contributed by atoms with E-state index in [0.29, 0.717) is 12.1 Å². The van der Waals surface area contributed by atoms with E-state index in [1.165, 1.54) is 12.1 Å². The van der Waals surface area contributed by atoms with E-state index in [9.17, 15) is 8.78 Å². The van der Waals surface area contributed by atoms with Crippen molar-refractivity contribution in [3.8, 4) is 0 Å². The molecule has 0 amide bonds. The molecule has 1 fully saturated rings. The summed E-state index contributed by atoms with van der Waals surface area (Å²) in [6, 6.07) is 3.14. The van der Waals surface area contributed by atoms with E-state index in [-0.39, 0.29) is 11.7 Å². The van der Waals surface area contributed by atoms with Crippen molar-refractivity contribution in [2.24, 2.45) is 0 Å². The molecule has 2 nitrogen and oxygen atoms in total. The molecule has 0 radical (unpaired) electrons. The molecule has 1 N–H and O–H groups in total. The summed E-state index contributed by atoms with van der Waals surface area (Å²) < 4.78 is 28.0. The fourth-order valence-corrected chi connectivity index (χ4v) is 2.28. The van der Waals surface area contributed by atoms with Crippen LogP contribution in [-0.4, -0.2) is 19.6 Å². The van der Waals surface area contributed by atoms with Crippen LogP contribution in [-0.2, 0) is 6.54 Å². The molecule has 0 aliphatic heterocycles. The number of benzene rings is 1. The predicted octanol–water partition coefficient (Wildman–Crippen LogP) is 3.06. The minimum atomic E-state index is -0.461. The Bertz CT molecular complexity index is 393. The molecule has 0 unspecified atom stereocenters. The highest BCUT2D eigenvalue weighted by Gasteiger charge is 2.26. The molecule has 0 aromatic heterocycles. The lowest BCUT2D eigenvalue weighted by atomic mass is 9.91. The van der Waals surface area contributed by atoms with Crippen LogP contribution in [0.3, 0.4) is 0 Å². The van der Waals surface area contributed by atoms with Gasteiger partial charge in [-0.25, -0.2) is 8.78 Å². The molecule has 18 heavy (non-hydrogen) atoms. The van der Waals surface area contributed by atoms with Crippen LogP contribution in [0.15, 0.2) is 12.1 Å². The van der Waals surface area contributed by atoms with Crippen molar-refractivity contribution in [2.75, 3.05) is 18.5 Å². The van der Waals surface area contributed by atoms with Crippen LogP contribution in [0.25, 0.3) is 0 Å². The van der Waals surface area contributed by atoms with Gasteiger partial charge in [0, 0.05) is 19.6 Å². The maximum absolute atomic E-state index is 14.0. The zero-order valence-corrected chi connectivity index (χ0v) is 11.0. The third-order valence-electron chi connectivity index (χ3n) is 3.63. The number of hydrogen-bond donors (Lipinski definition) is 1. The Kier molecular flexibility index (Phi) is 4.17. The van der Waals surface area contributed by atoms with E-state index in [2.05, 4.69) is 5.32 Å². The number of nitrogens with one attached hydrogen (secondary N) is 1. The third-order valence-corrected chi connectivity index (χ3v) is 3.63. The van der Waals surface area contributed by atoms with Crippen molar-refractivity contribution in [1.82, 2.24) is 5.32 Å². The Hall–Kier alpha value is -1.16. The van der Waals surface area contributed by atoms with E-state index in [0.717, 1.165) is 25.8 Å². The first kappa shape index (κ1) is 13.3. The Morgan fingerprint density at radius 1 is 1.28 bits per heavy atom. The molecular weight excluding hydrogens is 234 g/mol. The molecule has 0 heterocycles. The van der Waals surface area contributed by atoms with Crippen LogP contribution in [0.5, 0.6) is 0 Å². The van der Waals surface area contributed by atoms with Crippen molar-refractivity contribution in [3.05, 3.63) is 29.3 Å². The van der Waals surface area contributed by atoms with E-state index in [1.54, 1.807) is 11.9 Å². The van der Waals surface area contributed by atoms with Gasteiger partial charge in [0.05, 0.1) is 0 Å². The van der Waals surface area contributed by atoms with Gasteiger partial charge >= 0.3 is 0 Å². The molecule has 4 heteroatoms. The Labute approximate surface area is 107 Å².